The van der Waals surface area contributed by atoms with E-state index in [9.17, 15) is 0 Å². The zero-order valence-corrected chi connectivity index (χ0v) is 17.6. The van der Waals surface area contributed by atoms with Gasteiger partial charge in [-0.05, 0) is 0 Å². The standard InChI is InChI=1S/C20H38AsS/c1-2-22-21(18-12-6-3-7-13-18,19-14-8-4-9-15-19)20-16-10-5-11-17-20/h18-20H,2-17H2,1H3/q+1. The van der Waals surface area contributed by atoms with Crippen LogP contribution in [0.25, 0.3) is 0 Å². The molecule has 22 heavy (non-hydrogen) atoms. The van der Waals surface area contributed by atoms with Crippen molar-refractivity contribution in [3.05, 3.63) is 0 Å². The maximum atomic E-state index is 2.62. The first-order valence-corrected chi connectivity index (χ1v) is 16.9. The van der Waals surface area contributed by atoms with Crippen molar-refractivity contribution in [2.75, 3.05) is 5.75 Å². The topological polar surface area (TPSA) is 0 Å². The molecule has 3 rings (SSSR count). The predicted molar refractivity (Wildman–Crippen MR) is 104 cm³/mol. The predicted octanol–water partition coefficient (Wildman–Crippen LogP) is 7.69. The Morgan fingerprint density at radius 1 is 0.591 bits per heavy atom. The van der Waals surface area contributed by atoms with Gasteiger partial charge in [-0.3, -0.25) is 0 Å². The molecule has 128 valence electrons. The van der Waals surface area contributed by atoms with E-state index in [1.54, 1.807) is 96.3 Å². The van der Waals surface area contributed by atoms with Gasteiger partial charge in [-0.1, -0.05) is 0 Å². The molecule has 3 saturated carbocycles. The van der Waals surface area contributed by atoms with Gasteiger partial charge >= 0.3 is 146 Å². The van der Waals surface area contributed by atoms with Crippen LogP contribution in [0, 0.1) is 0 Å². The van der Waals surface area contributed by atoms with Crippen molar-refractivity contribution in [3.63, 3.8) is 0 Å². The molecule has 0 bridgehead atoms. The van der Waals surface area contributed by atoms with E-state index in [1.807, 2.05) is 0 Å². The molecule has 0 saturated heterocycles. The van der Waals surface area contributed by atoms with Gasteiger partial charge in [0.1, 0.15) is 0 Å². The van der Waals surface area contributed by atoms with Crippen LogP contribution in [-0.2, 0) is 0 Å². The SMILES string of the molecule is CCS[As+](C1CCCCC1)(C1CCCCC1)C1CCCCC1. The van der Waals surface area contributed by atoms with Gasteiger partial charge in [0.25, 0.3) is 0 Å². The van der Waals surface area contributed by atoms with Crippen LogP contribution < -0.4 is 0 Å². The molecule has 3 aliphatic carbocycles. The summed E-state index contributed by atoms with van der Waals surface area (Å²) in [6.45, 7) is 2.48. The molecule has 0 aromatic carbocycles. The summed E-state index contributed by atoms with van der Waals surface area (Å²) in [5.41, 5.74) is 0. The average molecular weight is 386 g/mol. The van der Waals surface area contributed by atoms with Crippen molar-refractivity contribution >= 4 is 22.4 Å². The summed E-state index contributed by atoms with van der Waals surface area (Å²) < 4.78 is 3.68. The van der Waals surface area contributed by atoms with Crippen LogP contribution in [0.15, 0.2) is 0 Å². The second-order valence-corrected chi connectivity index (χ2v) is 21.6. The third kappa shape index (κ3) is 3.77. The van der Waals surface area contributed by atoms with Crippen molar-refractivity contribution in [2.45, 2.75) is 117 Å². The molecule has 0 unspecified atom stereocenters. The van der Waals surface area contributed by atoms with Crippen molar-refractivity contribution in [3.8, 4) is 0 Å². The molecule has 0 aromatic rings. The van der Waals surface area contributed by atoms with E-state index < -0.39 is 12.4 Å². The Hall–Kier alpha value is 0.908. The summed E-state index contributed by atoms with van der Waals surface area (Å²) in [6.07, 6.45) is 23.8. The molecule has 0 radical (unpaired) electrons. The first-order valence-electron chi connectivity index (χ1n) is 10.4. The van der Waals surface area contributed by atoms with Gasteiger partial charge in [-0.2, -0.15) is 0 Å². The molecule has 0 aliphatic heterocycles. The molecule has 0 nitrogen and oxygen atoms in total. The average Bonchev–Trinajstić information content (AvgIpc) is 2.62. The Balaban J connectivity index is 1.88. The fourth-order valence-electron chi connectivity index (χ4n) is 5.89. The van der Waals surface area contributed by atoms with E-state index in [4.69, 9.17) is 0 Å². The molecular formula is C20H38AsS+. The van der Waals surface area contributed by atoms with Crippen LogP contribution in [-0.4, -0.2) is 18.1 Å². The van der Waals surface area contributed by atoms with Crippen LogP contribution in [0.3, 0.4) is 0 Å². The van der Waals surface area contributed by atoms with Crippen LogP contribution in [0.1, 0.15) is 103 Å². The first kappa shape index (κ1) is 17.7. The zero-order chi connectivity index (χ0) is 15.3. The minimum atomic E-state index is -1.62. The van der Waals surface area contributed by atoms with Gasteiger partial charge in [0, 0.05) is 0 Å². The second-order valence-electron chi connectivity index (χ2n) is 8.06. The van der Waals surface area contributed by atoms with Gasteiger partial charge < -0.3 is 0 Å². The van der Waals surface area contributed by atoms with E-state index in [1.165, 1.54) is 19.9 Å². The third-order valence-corrected chi connectivity index (χ3v) is 27.0. The number of hydrogen-bond donors (Lipinski definition) is 0. The summed E-state index contributed by atoms with van der Waals surface area (Å²) in [5.74, 6) is 1.43. The Bertz CT molecular complexity index is 266. The van der Waals surface area contributed by atoms with Gasteiger partial charge in [-0.15, -0.1) is 0 Å². The monoisotopic (exact) mass is 385 g/mol. The van der Waals surface area contributed by atoms with Crippen LogP contribution >= 0.6 is 10.0 Å². The Morgan fingerprint density at radius 2 is 0.909 bits per heavy atom. The van der Waals surface area contributed by atoms with Crippen LogP contribution in [0.2, 0.25) is 14.1 Å². The van der Waals surface area contributed by atoms with Crippen molar-refractivity contribution < 1.29 is 0 Å². The molecule has 0 spiro atoms. The maximum absolute atomic E-state index is 2.62. The van der Waals surface area contributed by atoms with E-state index in [2.05, 4.69) is 16.9 Å². The van der Waals surface area contributed by atoms with Crippen molar-refractivity contribution in [1.82, 2.24) is 0 Å². The van der Waals surface area contributed by atoms with Gasteiger partial charge in [0.2, 0.25) is 0 Å². The normalized spacial score (nSPS) is 27.1. The minimum absolute atomic E-state index is 1.23. The number of hydrogen-bond acceptors (Lipinski definition) is 1. The van der Waals surface area contributed by atoms with E-state index in [-0.39, 0.29) is 0 Å². The first-order chi connectivity index (χ1) is 10.9. The van der Waals surface area contributed by atoms with E-state index in [0.717, 1.165) is 0 Å². The molecule has 3 fully saturated rings. The van der Waals surface area contributed by atoms with Crippen LogP contribution in [0.5, 0.6) is 0 Å². The van der Waals surface area contributed by atoms with Crippen LogP contribution in [0.4, 0.5) is 0 Å². The molecule has 0 aromatic heterocycles. The van der Waals surface area contributed by atoms with E-state index in [0.29, 0.717) is 0 Å². The fourth-order valence-corrected chi connectivity index (χ4v) is 28.2. The molecule has 3 aliphatic rings. The molecule has 0 N–H and O–H groups in total. The quantitative estimate of drug-likeness (QED) is 0.437. The van der Waals surface area contributed by atoms with Gasteiger partial charge in [0.05, 0.1) is 0 Å². The Kier molecular flexibility index (Phi) is 7.12. The van der Waals surface area contributed by atoms with Crippen molar-refractivity contribution in [1.29, 1.82) is 0 Å². The summed E-state index contributed by atoms with van der Waals surface area (Å²) in [5, 5.41) is 0. The van der Waals surface area contributed by atoms with Crippen molar-refractivity contribution in [2.24, 2.45) is 0 Å². The van der Waals surface area contributed by atoms with E-state index >= 15 is 0 Å². The summed E-state index contributed by atoms with van der Waals surface area (Å²) >= 11 is -1.62. The number of rotatable bonds is 5. The van der Waals surface area contributed by atoms with Gasteiger partial charge in [-0.25, -0.2) is 0 Å². The Labute approximate surface area is 145 Å². The molecule has 2 heteroatoms. The summed E-state index contributed by atoms with van der Waals surface area (Å²) in [4.78, 5) is 0. The second kappa shape index (κ2) is 8.84. The summed E-state index contributed by atoms with van der Waals surface area (Å²) in [7, 11) is 2.62. The summed E-state index contributed by atoms with van der Waals surface area (Å²) in [6, 6.07) is 0. The van der Waals surface area contributed by atoms with Gasteiger partial charge in [0.15, 0.2) is 0 Å². The zero-order valence-electron chi connectivity index (χ0n) is 14.9. The third-order valence-electron chi connectivity index (χ3n) is 6.79. The molecule has 0 heterocycles. The molecular weight excluding hydrogens is 347 g/mol. The molecule has 0 atom stereocenters. The fraction of sp³-hybridized carbons (Fsp3) is 1.00. The Morgan fingerprint density at radius 3 is 1.18 bits per heavy atom. The molecule has 0 amide bonds.